The quantitative estimate of drug-likeness (QED) is 0.588. The molecule has 0 saturated heterocycles. The minimum atomic E-state index is 0. The van der Waals surface area contributed by atoms with Gasteiger partial charge in [0.25, 0.3) is 0 Å². The monoisotopic (exact) mass is 419 g/mol. The standard InChI is InChI=1S/C20H25N3O2.BrH/c1-3-4-13-22-18-7-5-6-8-19(18)23(20(22)21)14-15-25-17-11-9-16(24-2)10-12-17;/h5-12,21H,3-4,13-15H2,1-2H3;1H. The summed E-state index contributed by atoms with van der Waals surface area (Å²) in [5, 5.41) is 8.54. The predicted molar refractivity (Wildman–Crippen MR) is 110 cm³/mol. The van der Waals surface area contributed by atoms with Crippen molar-refractivity contribution >= 4 is 28.0 Å². The Kier molecular flexibility index (Phi) is 7.33. The van der Waals surface area contributed by atoms with Crippen LogP contribution in [-0.4, -0.2) is 22.9 Å². The number of halogens is 1. The largest absolute Gasteiger partial charge is 0.497 e. The highest BCUT2D eigenvalue weighted by Crippen LogP contribution is 2.17. The number of hydrogen-bond acceptors (Lipinski definition) is 3. The number of ether oxygens (including phenoxy) is 2. The van der Waals surface area contributed by atoms with Crippen LogP contribution in [0.1, 0.15) is 19.8 Å². The third kappa shape index (κ3) is 4.30. The third-order valence-electron chi connectivity index (χ3n) is 4.35. The summed E-state index contributed by atoms with van der Waals surface area (Å²) in [4.78, 5) is 0. The van der Waals surface area contributed by atoms with Gasteiger partial charge in [0, 0.05) is 6.54 Å². The second-order valence-electron chi connectivity index (χ2n) is 5.99. The van der Waals surface area contributed by atoms with E-state index in [1.165, 1.54) is 0 Å². The van der Waals surface area contributed by atoms with Crippen molar-refractivity contribution < 1.29 is 9.47 Å². The highest BCUT2D eigenvalue weighted by Gasteiger charge is 2.10. The molecule has 1 aromatic heterocycles. The van der Waals surface area contributed by atoms with Gasteiger partial charge in [-0.15, -0.1) is 17.0 Å². The summed E-state index contributed by atoms with van der Waals surface area (Å²) in [6.07, 6.45) is 2.19. The van der Waals surface area contributed by atoms with Crippen molar-refractivity contribution in [1.82, 2.24) is 9.13 Å². The van der Waals surface area contributed by atoms with Crippen molar-refractivity contribution in [3.63, 3.8) is 0 Å². The van der Waals surface area contributed by atoms with Crippen molar-refractivity contribution in [2.24, 2.45) is 0 Å². The second-order valence-corrected chi connectivity index (χ2v) is 5.99. The van der Waals surface area contributed by atoms with E-state index in [2.05, 4.69) is 23.6 Å². The highest BCUT2D eigenvalue weighted by atomic mass is 79.9. The molecular weight excluding hydrogens is 394 g/mol. The fraction of sp³-hybridized carbons (Fsp3) is 0.350. The molecule has 26 heavy (non-hydrogen) atoms. The van der Waals surface area contributed by atoms with E-state index in [0.29, 0.717) is 18.8 Å². The molecule has 0 aliphatic rings. The van der Waals surface area contributed by atoms with Crippen LogP contribution in [0.5, 0.6) is 11.5 Å². The second kappa shape index (κ2) is 9.48. The molecule has 0 aliphatic carbocycles. The van der Waals surface area contributed by atoms with Gasteiger partial charge < -0.3 is 18.6 Å². The fourth-order valence-electron chi connectivity index (χ4n) is 2.99. The van der Waals surface area contributed by atoms with Gasteiger partial charge in [-0.1, -0.05) is 25.5 Å². The Bertz CT molecular complexity index is 884. The molecule has 3 aromatic rings. The first-order chi connectivity index (χ1) is 12.2. The van der Waals surface area contributed by atoms with Crippen LogP contribution in [0.15, 0.2) is 48.5 Å². The van der Waals surface area contributed by atoms with Gasteiger partial charge in [-0.25, -0.2) is 0 Å². The number of rotatable bonds is 8. The molecule has 3 rings (SSSR count). The predicted octanol–water partition coefficient (Wildman–Crippen LogP) is 4.39. The summed E-state index contributed by atoms with van der Waals surface area (Å²) in [5.41, 5.74) is 2.74. The lowest BCUT2D eigenvalue weighted by molar-refractivity contribution is 0.296. The SMILES string of the molecule is Br.CCCCn1c(=N)n(CCOc2ccc(OC)cc2)c2ccccc21. The van der Waals surface area contributed by atoms with Crippen LogP contribution in [0.3, 0.4) is 0 Å². The van der Waals surface area contributed by atoms with E-state index in [4.69, 9.17) is 14.9 Å². The Labute approximate surface area is 164 Å². The molecular formula is C20H26BrN3O2. The molecule has 1 heterocycles. The topological polar surface area (TPSA) is 52.2 Å². The van der Waals surface area contributed by atoms with Crippen molar-refractivity contribution in [1.29, 1.82) is 5.41 Å². The minimum absolute atomic E-state index is 0. The molecule has 0 spiro atoms. The van der Waals surface area contributed by atoms with Crippen molar-refractivity contribution in [3.8, 4) is 11.5 Å². The molecule has 0 unspecified atom stereocenters. The molecule has 140 valence electrons. The number of para-hydroxylation sites is 2. The number of hydrogen-bond donors (Lipinski definition) is 1. The van der Waals surface area contributed by atoms with E-state index < -0.39 is 0 Å². The summed E-state index contributed by atoms with van der Waals surface area (Å²) >= 11 is 0. The number of methoxy groups -OCH3 is 1. The Morgan fingerprint density at radius 2 is 1.46 bits per heavy atom. The van der Waals surface area contributed by atoms with Crippen LogP contribution in [0.2, 0.25) is 0 Å². The van der Waals surface area contributed by atoms with E-state index in [1.807, 2.05) is 41.0 Å². The van der Waals surface area contributed by atoms with Gasteiger partial charge >= 0.3 is 0 Å². The van der Waals surface area contributed by atoms with E-state index >= 15 is 0 Å². The molecule has 0 atom stereocenters. The normalized spacial score (nSPS) is 10.5. The third-order valence-corrected chi connectivity index (χ3v) is 4.35. The number of benzene rings is 2. The van der Waals surface area contributed by atoms with Crippen molar-refractivity contribution in [2.45, 2.75) is 32.9 Å². The average molecular weight is 420 g/mol. The zero-order valence-electron chi connectivity index (χ0n) is 15.3. The maximum atomic E-state index is 8.54. The van der Waals surface area contributed by atoms with Gasteiger partial charge in [-0.3, -0.25) is 5.41 Å². The first-order valence-corrected chi connectivity index (χ1v) is 8.74. The zero-order chi connectivity index (χ0) is 17.6. The van der Waals surface area contributed by atoms with Crippen molar-refractivity contribution in [2.75, 3.05) is 13.7 Å². The lowest BCUT2D eigenvalue weighted by Crippen LogP contribution is -2.26. The maximum Gasteiger partial charge on any atom is 0.203 e. The van der Waals surface area contributed by atoms with Crippen molar-refractivity contribution in [3.05, 3.63) is 54.1 Å². The first kappa shape index (κ1) is 20.1. The van der Waals surface area contributed by atoms with Crippen LogP contribution in [-0.2, 0) is 13.1 Å². The van der Waals surface area contributed by atoms with E-state index in [1.54, 1.807) is 7.11 Å². The number of fused-ring (bicyclic) bond motifs is 1. The van der Waals surface area contributed by atoms with Crippen LogP contribution in [0.4, 0.5) is 0 Å². The average Bonchev–Trinajstić information content (AvgIpc) is 2.92. The molecule has 0 aliphatic heterocycles. The summed E-state index contributed by atoms with van der Waals surface area (Å²) in [7, 11) is 1.65. The number of imidazole rings is 1. The summed E-state index contributed by atoms with van der Waals surface area (Å²) in [6, 6.07) is 15.8. The smallest absolute Gasteiger partial charge is 0.203 e. The van der Waals surface area contributed by atoms with Crippen LogP contribution >= 0.6 is 17.0 Å². The molecule has 6 heteroatoms. The molecule has 5 nitrogen and oxygen atoms in total. The highest BCUT2D eigenvalue weighted by molar-refractivity contribution is 8.93. The van der Waals surface area contributed by atoms with E-state index in [9.17, 15) is 0 Å². The molecule has 0 fully saturated rings. The lowest BCUT2D eigenvalue weighted by Gasteiger charge is -2.08. The molecule has 1 N–H and O–H groups in total. The lowest BCUT2D eigenvalue weighted by atomic mass is 10.3. The van der Waals surface area contributed by atoms with Gasteiger partial charge in [0.2, 0.25) is 5.62 Å². The van der Waals surface area contributed by atoms with E-state index in [-0.39, 0.29) is 17.0 Å². The van der Waals surface area contributed by atoms with Gasteiger partial charge in [0.05, 0.1) is 24.7 Å². The molecule has 2 aromatic carbocycles. The molecule has 0 amide bonds. The van der Waals surface area contributed by atoms with Crippen LogP contribution in [0.25, 0.3) is 11.0 Å². The van der Waals surface area contributed by atoms with Gasteiger partial charge in [-0.05, 0) is 42.8 Å². The molecule has 0 saturated carbocycles. The Morgan fingerprint density at radius 1 is 0.885 bits per heavy atom. The Hall–Kier alpha value is -2.21. The molecule has 0 radical (unpaired) electrons. The summed E-state index contributed by atoms with van der Waals surface area (Å²) in [5.74, 6) is 1.62. The van der Waals surface area contributed by atoms with Gasteiger partial charge in [-0.2, -0.15) is 0 Å². The van der Waals surface area contributed by atoms with Crippen LogP contribution in [0, 0.1) is 5.41 Å². The van der Waals surface area contributed by atoms with Gasteiger partial charge in [0.1, 0.15) is 18.1 Å². The number of nitrogens with zero attached hydrogens (tertiary/aromatic N) is 2. The fourth-order valence-corrected chi connectivity index (χ4v) is 2.99. The minimum Gasteiger partial charge on any atom is -0.497 e. The summed E-state index contributed by atoms with van der Waals surface area (Å²) < 4.78 is 15.1. The zero-order valence-corrected chi connectivity index (χ0v) is 17.0. The van der Waals surface area contributed by atoms with E-state index in [0.717, 1.165) is 41.9 Å². The molecule has 0 bridgehead atoms. The maximum absolute atomic E-state index is 8.54. The number of nitrogens with one attached hydrogen (secondary N) is 1. The van der Waals surface area contributed by atoms with Gasteiger partial charge in [0.15, 0.2) is 0 Å². The Morgan fingerprint density at radius 3 is 2.04 bits per heavy atom. The van der Waals surface area contributed by atoms with Crippen LogP contribution < -0.4 is 15.1 Å². The number of aromatic nitrogens is 2. The summed E-state index contributed by atoms with van der Waals surface area (Å²) in [6.45, 7) is 4.21. The number of unbranched alkanes of at least 4 members (excludes halogenated alkanes) is 1. The number of aryl methyl sites for hydroxylation is 1. The Balaban J connectivity index is 0.00000243. The first-order valence-electron chi connectivity index (χ1n) is 8.74.